The zero-order chi connectivity index (χ0) is 16.9. The van der Waals surface area contributed by atoms with E-state index in [0.29, 0.717) is 6.61 Å². The summed E-state index contributed by atoms with van der Waals surface area (Å²) < 4.78 is 10.8. The van der Waals surface area contributed by atoms with Gasteiger partial charge in [0.05, 0.1) is 18.3 Å². The average molecular weight is 329 g/mol. The normalized spacial score (nSPS) is 17.1. The largest absolute Gasteiger partial charge is 0.494 e. The lowest BCUT2D eigenvalue weighted by Crippen LogP contribution is -2.34. The van der Waals surface area contributed by atoms with Crippen LogP contribution >= 0.6 is 0 Å². The first-order chi connectivity index (χ1) is 11.7. The van der Waals surface area contributed by atoms with Crippen LogP contribution in [0.5, 0.6) is 5.75 Å². The second-order valence-electron chi connectivity index (χ2n) is 5.81. The van der Waals surface area contributed by atoms with Gasteiger partial charge in [0.25, 0.3) is 0 Å². The number of carbonyl (C=O) groups is 1. The summed E-state index contributed by atoms with van der Waals surface area (Å²) in [6.45, 7) is 5.32. The number of hydrogen-bond acceptors (Lipinski definition) is 4. The van der Waals surface area contributed by atoms with Crippen LogP contribution in [0.2, 0.25) is 0 Å². The van der Waals surface area contributed by atoms with Gasteiger partial charge in [0, 0.05) is 18.3 Å². The number of carbonyl (C=O) groups excluding carboxylic acids is 1. The van der Waals surface area contributed by atoms with Crippen molar-refractivity contribution in [1.29, 1.82) is 0 Å². The van der Waals surface area contributed by atoms with E-state index >= 15 is 0 Å². The summed E-state index contributed by atoms with van der Waals surface area (Å²) in [5.74, 6) is 1.56. The van der Waals surface area contributed by atoms with Crippen LogP contribution in [0.15, 0.2) is 34.9 Å². The van der Waals surface area contributed by atoms with Gasteiger partial charge >= 0.3 is 6.03 Å². The summed E-state index contributed by atoms with van der Waals surface area (Å²) >= 11 is 0. The van der Waals surface area contributed by atoms with Crippen molar-refractivity contribution < 1.29 is 14.1 Å². The molecule has 1 saturated heterocycles. The van der Waals surface area contributed by atoms with E-state index in [1.165, 1.54) is 0 Å². The number of nitrogens with zero attached hydrogens (tertiary/aromatic N) is 2. The maximum Gasteiger partial charge on any atom is 0.322 e. The fourth-order valence-electron chi connectivity index (χ4n) is 2.95. The molecule has 0 spiro atoms. The number of amides is 2. The average Bonchev–Trinajstić information content (AvgIpc) is 3.25. The van der Waals surface area contributed by atoms with Gasteiger partial charge in [0.2, 0.25) is 0 Å². The molecule has 1 aromatic carbocycles. The molecule has 128 valence electrons. The van der Waals surface area contributed by atoms with Gasteiger partial charge in [0.15, 0.2) is 5.76 Å². The van der Waals surface area contributed by atoms with Crippen LogP contribution in [-0.4, -0.2) is 29.2 Å². The number of nitrogens with one attached hydrogen (secondary N) is 1. The molecule has 1 aliphatic rings. The second kappa shape index (κ2) is 7.38. The van der Waals surface area contributed by atoms with E-state index in [1.807, 2.05) is 49.1 Å². The summed E-state index contributed by atoms with van der Waals surface area (Å²) in [7, 11) is 0. The van der Waals surface area contributed by atoms with Crippen LogP contribution in [0.1, 0.15) is 44.2 Å². The molecule has 1 unspecified atom stereocenters. The maximum atomic E-state index is 12.6. The molecule has 2 aromatic rings. The zero-order valence-corrected chi connectivity index (χ0v) is 14.1. The van der Waals surface area contributed by atoms with Gasteiger partial charge in [-0.1, -0.05) is 12.1 Å². The molecule has 6 nitrogen and oxygen atoms in total. The van der Waals surface area contributed by atoms with Crippen molar-refractivity contribution in [1.82, 2.24) is 10.1 Å². The topological polar surface area (TPSA) is 67.6 Å². The van der Waals surface area contributed by atoms with Crippen LogP contribution in [0.3, 0.4) is 0 Å². The number of rotatable bonds is 5. The van der Waals surface area contributed by atoms with Crippen LogP contribution in [0, 0.1) is 0 Å². The summed E-state index contributed by atoms with van der Waals surface area (Å²) in [5.41, 5.74) is 1.67. The third-order valence-corrected chi connectivity index (χ3v) is 4.20. The fraction of sp³-hybridized carbons (Fsp3) is 0.444. The molecule has 1 fully saturated rings. The number of hydrogen-bond donors (Lipinski definition) is 1. The van der Waals surface area contributed by atoms with Gasteiger partial charge < -0.3 is 19.5 Å². The van der Waals surface area contributed by atoms with Crippen molar-refractivity contribution in [3.8, 4) is 5.75 Å². The molecule has 0 saturated carbocycles. The number of likely N-dealkylation sites (tertiary alicyclic amines) is 1. The number of aryl methyl sites for hydroxylation is 1. The molecule has 3 rings (SSSR count). The van der Waals surface area contributed by atoms with Gasteiger partial charge in [-0.05, 0) is 50.5 Å². The summed E-state index contributed by atoms with van der Waals surface area (Å²) in [4.78, 5) is 14.4. The zero-order valence-electron chi connectivity index (χ0n) is 14.1. The first-order valence-corrected chi connectivity index (χ1v) is 8.47. The minimum Gasteiger partial charge on any atom is -0.494 e. The minimum absolute atomic E-state index is 0.0412. The first-order valence-electron chi connectivity index (χ1n) is 8.47. The van der Waals surface area contributed by atoms with Crippen molar-refractivity contribution in [2.45, 2.75) is 39.2 Å². The van der Waals surface area contributed by atoms with Gasteiger partial charge in [-0.3, -0.25) is 0 Å². The van der Waals surface area contributed by atoms with E-state index in [2.05, 4.69) is 10.5 Å². The van der Waals surface area contributed by atoms with Gasteiger partial charge in [0.1, 0.15) is 5.75 Å². The Morgan fingerprint density at radius 2 is 2.17 bits per heavy atom. The van der Waals surface area contributed by atoms with Gasteiger partial charge in [-0.25, -0.2) is 4.79 Å². The Balaban J connectivity index is 1.66. The maximum absolute atomic E-state index is 12.6. The Hall–Kier alpha value is -2.50. The summed E-state index contributed by atoms with van der Waals surface area (Å²) in [5, 5.41) is 6.98. The van der Waals surface area contributed by atoms with E-state index in [4.69, 9.17) is 9.26 Å². The van der Waals surface area contributed by atoms with Crippen LogP contribution in [0.4, 0.5) is 10.5 Å². The van der Waals surface area contributed by atoms with Crippen molar-refractivity contribution in [2.75, 3.05) is 18.5 Å². The predicted molar refractivity (Wildman–Crippen MR) is 91.2 cm³/mol. The molecular formula is C18H23N3O3. The van der Waals surface area contributed by atoms with E-state index in [0.717, 1.165) is 48.7 Å². The highest BCUT2D eigenvalue weighted by Gasteiger charge is 2.32. The van der Waals surface area contributed by atoms with Crippen molar-refractivity contribution in [3.05, 3.63) is 41.8 Å². The van der Waals surface area contributed by atoms with Crippen LogP contribution < -0.4 is 10.1 Å². The monoisotopic (exact) mass is 329 g/mol. The van der Waals surface area contributed by atoms with Crippen molar-refractivity contribution in [3.63, 3.8) is 0 Å². The Kier molecular flexibility index (Phi) is 5.03. The highest BCUT2D eigenvalue weighted by molar-refractivity contribution is 5.89. The lowest BCUT2D eigenvalue weighted by Gasteiger charge is -2.23. The molecule has 0 aliphatic carbocycles. The lowest BCUT2D eigenvalue weighted by molar-refractivity contribution is 0.195. The van der Waals surface area contributed by atoms with E-state index in [1.54, 1.807) is 0 Å². The van der Waals surface area contributed by atoms with E-state index < -0.39 is 0 Å². The Morgan fingerprint density at radius 3 is 2.83 bits per heavy atom. The first kappa shape index (κ1) is 16.4. The van der Waals surface area contributed by atoms with Gasteiger partial charge in [-0.15, -0.1) is 0 Å². The number of anilines is 1. The smallest absolute Gasteiger partial charge is 0.322 e. The Morgan fingerprint density at radius 1 is 1.38 bits per heavy atom. The standard InChI is InChI=1S/C18H23N3O3/c1-3-13-12-17(24-20-13)16-6-5-11-21(16)18(22)19-14-7-9-15(10-8-14)23-4-2/h7-10,12,16H,3-6,11H2,1-2H3,(H,19,22). The molecule has 1 aromatic heterocycles. The fourth-order valence-corrected chi connectivity index (χ4v) is 2.95. The predicted octanol–water partition coefficient (Wildman–Crippen LogP) is 4.00. The highest BCUT2D eigenvalue weighted by Crippen LogP contribution is 2.33. The molecule has 1 N–H and O–H groups in total. The molecule has 1 atom stereocenters. The SMILES string of the molecule is CCOc1ccc(NC(=O)N2CCCC2c2cc(CC)no2)cc1. The quantitative estimate of drug-likeness (QED) is 0.900. The third-order valence-electron chi connectivity index (χ3n) is 4.20. The second-order valence-corrected chi connectivity index (χ2v) is 5.81. The summed E-state index contributed by atoms with van der Waals surface area (Å²) in [6, 6.07) is 9.19. The minimum atomic E-state index is -0.115. The highest BCUT2D eigenvalue weighted by atomic mass is 16.5. The number of aromatic nitrogens is 1. The molecule has 24 heavy (non-hydrogen) atoms. The molecule has 2 heterocycles. The molecule has 1 aliphatic heterocycles. The molecule has 0 bridgehead atoms. The molecular weight excluding hydrogens is 306 g/mol. The van der Waals surface area contributed by atoms with Crippen molar-refractivity contribution in [2.24, 2.45) is 0 Å². The number of ether oxygens (including phenoxy) is 1. The lowest BCUT2D eigenvalue weighted by atomic mass is 10.1. The van der Waals surface area contributed by atoms with Gasteiger partial charge in [-0.2, -0.15) is 0 Å². The van der Waals surface area contributed by atoms with Crippen LogP contribution in [-0.2, 0) is 6.42 Å². The van der Waals surface area contributed by atoms with E-state index in [9.17, 15) is 4.79 Å². The Labute approximate surface area is 141 Å². The summed E-state index contributed by atoms with van der Waals surface area (Å²) in [6.07, 6.45) is 2.69. The molecule has 2 amide bonds. The Bertz CT molecular complexity index is 681. The number of urea groups is 1. The molecule has 0 radical (unpaired) electrons. The molecule has 6 heteroatoms. The third kappa shape index (κ3) is 3.53. The van der Waals surface area contributed by atoms with Crippen molar-refractivity contribution >= 4 is 11.7 Å². The van der Waals surface area contributed by atoms with Crippen LogP contribution in [0.25, 0.3) is 0 Å². The van der Waals surface area contributed by atoms with E-state index in [-0.39, 0.29) is 12.1 Å². The number of benzene rings is 1.